The number of aryl methyl sites for hydroxylation is 1. The summed E-state index contributed by atoms with van der Waals surface area (Å²) in [7, 11) is 1.84. The molecular weight excluding hydrogens is 236 g/mol. The molecule has 0 saturated heterocycles. The zero-order valence-corrected chi connectivity index (χ0v) is 10.3. The molecule has 1 heterocycles. The number of benzene rings is 1. The van der Waals surface area contributed by atoms with Crippen LogP contribution in [0.2, 0.25) is 0 Å². The smallest absolute Gasteiger partial charge is 0.163 e. The second-order valence-electron chi connectivity index (χ2n) is 4.23. The zero-order chi connectivity index (χ0) is 13.1. The summed E-state index contributed by atoms with van der Waals surface area (Å²) in [5.41, 5.74) is 1.19. The van der Waals surface area contributed by atoms with Crippen LogP contribution in [0.25, 0.3) is 0 Å². The van der Waals surface area contributed by atoms with Crippen molar-refractivity contribution in [3.8, 4) is 0 Å². The Balaban J connectivity index is 2.01. The molecule has 18 heavy (non-hydrogen) atoms. The van der Waals surface area contributed by atoms with Crippen molar-refractivity contribution in [2.24, 2.45) is 7.05 Å². The molecule has 1 N–H and O–H groups in total. The molecule has 0 spiro atoms. The minimum atomic E-state index is -0.820. The third-order valence-corrected chi connectivity index (χ3v) is 2.81. The maximum atomic E-state index is 13.4. The van der Waals surface area contributed by atoms with Crippen LogP contribution >= 0.6 is 0 Å². The van der Waals surface area contributed by atoms with Crippen molar-refractivity contribution >= 4 is 0 Å². The Labute approximate surface area is 104 Å². The van der Waals surface area contributed by atoms with E-state index in [1.165, 1.54) is 6.07 Å². The standard InChI is InChI=1S/C13H15F2N3/c1-9(12-6-7-18(2)17-12)16-8-10-4-3-5-11(14)13(10)15/h3-7,9,16H,8H2,1-2H3. The molecule has 1 aromatic carbocycles. The Morgan fingerprint density at radius 1 is 1.33 bits per heavy atom. The fraction of sp³-hybridized carbons (Fsp3) is 0.308. The number of rotatable bonds is 4. The van der Waals surface area contributed by atoms with E-state index in [4.69, 9.17) is 0 Å². The van der Waals surface area contributed by atoms with Crippen LogP contribution in [0.1, 0.15) is 24.2 Å². The zero-order valence-electron chi connectivity index (χ0n) is 10.3. The molecule has 5 heteroatoms. The monoisotopic (exact) mass is 251 g/mol. The highest BCUT2D eigenvalue weighted by Gasteiger charge is 2.11. The van der Waals surface area contributed by atoms with Gasteiger partial charge in [0.1, 0.15) is 0 Å². The van der Waals surface area contributed by atoms with E-state index in [0.717, 1.165) is 11.8 Å². The maximum absolute atomic E-state index is 13.4. The number of hydrogen-bond donors (Lipinski definition) is 1. The lowest BCUT2D eigenvalue weighted by Gasteiger charge is -2.12. The van der Waals surface area contributed by atoms with Gasteiger partial charge in [-0.05, 0) is 19.1 Å². The van der Waals surface area contributed by atoms with E-state index in [-0.39, 0.29) is 12.6 Å². The molecule has 2 rings (SSSR count). The van der Waals surface area contributed by atoms with Gasteiger partial charge in [-0.25, -0.2) is 8.78 Å². The Kier molecular flexibility index (Phi) is 3.72. The van der Waals surface area contributed by atoms with Gasteiger partial charge in [0.15, 0.2) is 11.6 Å². The van der Waals surface area contributed by atoms with E-state index in [0.29, 0.717) is 5.56 Å². The van der Waals surface area contributed by atoms with Crippen molar-refractivity contribution in [2.45, 2.75) is 19.5 Å². The normalized spacial score (nSPS) is 12.7. The Morgan fingerprint density at radius 3 is 2.78 bits per heavy atom. The molecule has 1 unspecified atom stereocenters. The first-order valence-electron chi connectivity index (χ1n) is 5.73. The molecule has 1 atom stereocenters. The van der Waals surface area contributed by atoms with Gasteiger partial charge in [0.05, 0.1) is 5.69 Å². The fourth-order valence-electron chi connectivity index (χ4n) is 1.72. The average Bonchev–Trinajstić information content (AvgIpc) is 2.77. The third-order valence-electron chi connectivity index (χ3n) is 2.81. The highest BCUT2D eigenvalue weighted by Crippen LogP contribution is 2.14. The van der Waals surface area contributed by atoms with Crippen LogP contribution in [0, 0.1) is 11.6 Å². The van der Waals surface area contributed by atoms with Gasteiger partial charge in [-0.1, -0.05) is 12.1 Å². The van der Waals surface area contributed by atoms with Gasteiger partial charge < -0.3 is 5.32 Å². The molecular formula is C13H15F2N3. The highest BCUT2D eigenvalue weighted by atomic mass is 19.2. The summed E-state index contributed by atoms with van der Waals surface area (Å²) in [5.74, 6) is -1.61. The molecule has 0 saturated carbocycles. The molecule has 0 bridgehead atoms. The van der Waals surface area contributed by atoms with Gasteiger partial charge in [-0.2, -0.15) is 5.10 Å². The van der Waals surface area contributed by atoms with Crippen molar-refractivity contribution in [1.29, 1.82) is 0 Å². The topological polar surface area (TPSA) is 29.9 Å². The van der Waals surface area contributed by atoms with Crippen molar-refractivity contribution in [3.63, 3.8) is 0 Å². The summed E-state index contributed by atoms with van der Waals surface area (Å²) in [6, 6.07) is 6.05. The highest BCUT2D eigenvalue weighted by molar-refractivity contribution is 5.19. The second kappa shape index (κ2) is 5.27. The summed E-state index contributed by atoms with van der Waals surface area (Å²) in [6.45, 7) is 2.20. The largest absolute Gasteiger partial charge is 0.305 e. The van der Waals surface area contributed by atoms with Crippen LogP contribution in [0.15, 0.2) is 30.5 Å². The molecule has 2 aromatic rings. The first-order valence-corrected chi connectivity index (χ1v) is 5.73. The lowest BCUT2D eigenvalue weighted by molar-refractivity contribution is 0.482. The van der Waals surface area contributed by atoms with Gasteiger partial charge in [0.25, 0.3) is 0 Å². The summed E-state index contributed by atoms with van der Waals surface area (Å²) in [5, 5.41) is 7.36. The molecule has 0 aliphatic heterocycles. The van der Waals surface area contributed by atoms with Crippen LogP contribution in [-0.4, -0.2) is 9.78 Å². The second-order valence-corrected chi connectivity index (χ2v) is 4.23. The van der Waals surface area contributed by atoms with Gasteiger partial charge in [0.2, 0.25) is 0 Å². The SMILES string of the molecule is CC(NCc1cccc(F)c1F)c1ccn(C)n1. The molecule has 0 aliphatic rings. The fourth-order valence-corrected chi connectivity index (χ4v) is 1.72. The van der Waals surface area contributed by atoms with Crippen LogP contribution in [0.3, 0.4) is 0 Å². The van der Waals surface area contributed by atoms with Gasteiger partial charge >= 0.3 is 0 Å². The molecule has 3 nitrogen and oxygen atoms in total. The van der Waals surface area contributed by atoms with Gasteiger partial charge in [-0.15, -0.1) is 0 Å². The molecule has 1 aromatic heterocycles. The summed E-state index contributed by atoms with van der Waals surface area (Å²) in [4.78, 5) is 0. The van der Waals surface area contributed by atoms with Crippen molar-refractivity contribution in [2.75, 3.05) is 0 Å². The van der Waals surface area contributed by atoms with E-state index < -0.39 is 11.6 Å². The van der Waals surface area contributed by atoms with Crippen LogP contribution < -0.4 is 5.32 Å². The Morgan fingerprint density at radius 2 is 2.11 bits per heavy atom. The van der Waals surface area contributed by atoms with Crippen molar-refractivity contribution in [1.82, 2.24) is 15.1 Å². The predicted octanol–water partition coefficient (Wildman–Crippen LogP) is 2.55. The van der Waals surface area contributed by atoms with Crippen LogP contribution in [0.4, 0.5) is 8.78 Å². The number of nitrogens with one attached hydrogen (secondary N) is 1. The molecule has 96 valence electrons. The maximum Gasteiger partial charge on any atom is 0.163 e. The van der Waals surface area contributed by atoms with Crippen molar-refractivity contribution in [3.05, 3.63) is 53.4 Å². The Hall–Kier alpha value is -1.75. The molecule has 0 amide bonds. The van der Waals surface area contributed by atoms with Gasteiger partial charge in [-0.3, -0.25) is 4.68 Å². The quantitative estimate of drug-likeness (QED) is 0.905. The van der Waals surface area contributed by atoms with E-state index in [9.17, 15) is 8.78 Å². The Bertz CT molecular complexity index is 537. The molecule has 0 aliphatic carbocycles. The van der Waals surface area contributed by atoms with E-state index in [1.807, 2.05) is 26.2 Å². The van der Waals surface area contributed by atoms with E-state index in [1.54, 1.807) is 10.7 Å². The average molecular weight is 251 g/mol. The van der Waals surface area contributed by atoms with E-state index in [2.05, 4.69) is 10.4 Å². The first-order chi connectivity index (χ1) is 8.58. The summed E-state index contributed by atoms with van der Waals surface area (Å²) in [6.07, 6.45) is 1.84. The van der Waals surface area contributed by atoms with E-state index >= 15 is 0 Å². The van der Waals surface area contributed by atoms with Crippen LogP contribution in [-0.2, 0) is 13.6 Å². The third kappa shape index (κ3) is 2.73. The lowest BCUT2D eigenvalue weighted by atomic mass is 10.1. The first kappa shape index (κ1) is 12.7. The molecule has 0 radical (unpaired) electrons. The number of halogens is 2. The minimum Gasteiger partial charge on any atom is -0.305 e. The minimum absolute atomic E-state index is 0.0196. The number of nitrogens with zero attached hydrogens (tertiary/aromatic N) is 2. The van der Waals surface area contributed by atoms with Gasteiger partial charge in [0, 0.05) is 31.4 Å². The molecule has 0 fully saturated rings. The summed E-state index contributed by atoms with van der Waals surface area (Å²) >= 11 is 0. The van der Waals surface area contributed by atoms with Crippen molar-refractivity contribution < 1.29 is 8.78 Å². The predicted molar refractivity (Wildman–Crippen MR) is 64.8 cm³/mol. The summed E-state index contributed by atoms with van der Waals surface area (Å²) < 4.78 is 28.1. The van der Waals surface area contributed by atoms with Crippen LogP contribution in [0.5, 0.6) is 0 Å². The number of hydrogen-bond acceptors (Lipinski definition) is 2. The lowest BCUT2D eigenvalue weighted by Crippen LogP contribution is -2.19. The number of aromatic nitrogens is 2.